The highest BCUT2D eigenvalue weighted by Crippen LogP contribution is 2.30. The molecule has 0 heterocycles. The van der Waals surface area contributed by atoms with Crippen molar-refractivity contribution in [3.05, 3.63) is 0 Å². The fraction of sp³-hybridized carbons (Fsp3) is 0.833. The maximum atomic E-state index is 11.5. The summed E-state index contributed by atoms with van der Waals surface area (Å²) in [5.41, 5.74) is 0. The molecule has 0 spiro atoms. The molecule has 0 aliphatic heterocycles. The Kier molecular flexibility index (Phi) is 6.92. The van der Waals surface area contributed by atoms with Gasteiger partial charge in [0.05, 0.1) is 5.92 Å². The first-order valence-corrected chi connectivity index (χ1v) is 7.88. The van der Waals surface area contributed by atoms with E-state index in [9.17, 15) is 9.59 Å². The Morgan fingerprint density at radius 2 is 2.06 bits per heavy atom. The van der Waals surface area contributed by atoms with E-state index in [2.05, 4.69) is 12.6 Å². The highest BCUT2D eigenvalue weighted by molar-refractivity contribution is 8.00. The van der Waals surface area contributed by atoms with E-state index in [1.165, 1.54) is 12.8 Å². The fourth-order valence-corrected chi connectivity index (χ4v) is 3.24. The van der Waals surface area contributed by atoms with Crippen molar-refractivity contribution in [3.63, 3.8) is 0 Å². The van der Waals surface area contributed by atoms with Gasteiger partial charge in [0.1, 0.15) is 0 Å². The molecule has 0 unspecified atom stereocenters. The molecule has 0 aromatic heterocycles. The summed E-state index contributed by atoms with van der Waals surface area (Å²) in [5, 5.41) is 9.56. The molecule has 1 saturated carbocycles. The van der Waals surface area contributed by atoms with Gasteiger partial charge in [-0.05, 0) is 12.8 Å². The Hall–Kier alpha value is -0.360. The number of hydrogen-bond acceptors (Lipinski definition) is 5. The zero-order valence-corrected chi connectivity index (χ0v) is 12.2. The Labute approximate surface area is 117 Å². The molecule has 18 heavy (non-hydrogen) atoms. The fourth-order valence-electron chi connectivity index (χ4n) is 1.77. The third-order valence-corrected chi connectivity index (χ3v) is 4.98. The summed E-state index contributed by atoms with van der Waals surface area (Å²) in [7, 11) is 0. The van der Waals surface area contributed by atoms with Gasteiger partial charge in [-0.3, -0.25) is 4.79 Å². The quantitative estimate of drug-likeness (QED) is 0.556. The minimum Gasteiger partial charge on any atom is -0.478 e. The lowest BCUT2D eigenvalue weighted by molar-refractivity contribution is -0.164. The van der Waals surface area contributed by atoms with E-state index in [1.54, 1.807) is 18.7 Å². The number of carboxylic acid groups (broad SMARTS) is 1. The van der Waals surface area contributed by atoms with E-state index in [-0.39, 0.29) is 5.92 Å². The van der Waals surface area contributed by atoms with Crippen LogP contribution in [0.2, 0.25) is 0 Å². The Morgan fingerprint density at radius 3 is 2.56 bits per heavy atom. The number of esters is 1. The molecular formula is C12H20O4S2. The number of hydrogen-bond donors (Lipinski definition) is 2. The minimum absolute atomic E-state index is 0.338. The third-order valence-electron chi connectivity index (χ3n) is 3.00. The van der Waals surface area contributed by atoms with Crippen molar-refractivity contribution in [2.75, 3.05) is 11.5 Å². The van der Waals surface area contributed by atoms with Crippen LogP contribution in [0.1, 0.15) is 32.6 Å². The van der Waals surface area contributed by atoms with Gasteiger partial charge < -0.3 is 9.84 Å². The zero-order valence-electron chi connectivity index (χ0n) is 10.5. The van der Waals surface area contributed by atoms with Gasteiger partial charge >= 0.3 is 11.9 Å². The Bertz CT molecular complexity index is 290. The van der Waals surface area contributed by atoms with E-state index in [0.29, 0.717) is 16.8 Å². The molecule has 0 bridgehead atoms. The molecule has 0 radical (unpaired) electrons. The van der Waals surface area contributed by atoms with Crippen LogP contribution in [0.25, 0.3) is 0 Å². The molecule has 0 aromatic rings. The smallest absolute Gasteiger partial charge is 0.345 e. The first-order valence-electron chi connectivity index (χ1n) is 6.20. The normalized spacial score (nSPS) is 19.4. The Balaban J connectivity index is 2.39. The van der Waals surface area contributed by atoms with Crippen molar-refractivity contribution >= 4 is 36.3 Å². The molecule has 0 saturated heterocycles. The monoisotopic (exact) mass is 292 g/mol. The van der Waals surface area contributed by atoms with E-state index < -0.39 is 18.0 Å². The number of thiol groups is 1. The van der Waals surface area contributed by atoms with Crippen LogP contribution < -0.4 is 0 Å². The zero-order chi connectivity index (χ0) is 13.5. The summed E-state index contributed by atoms with van der Waals surface area (Å²) in [6, 6.07) is 0. The number of ether oxygens (including phenoxy) is 1. The van der Waals surface area contributed by atoms with Crippen molar-refractivity contribution in [2.45, 2.75) is 44.0 Å². The van der Waals surface area contributed by atoms with Crippen LogP contribution in [-0.2, 0) is 14.3 Å². The van der Waals surface area contributed by atoms with Gasteiger partial charge in [-0.1, -0.05) is 19.8 Å². The lowest BCUT2D eigenvalue weighted by Gasteiger charge is -2.17. The van der Waals surface area contributed by atoms with Gasteiger partial charge in [0.2, 0.25) is 6.10 Å². The first kappa shape index (κ1) is 15.7. The summed E-state index contributed by atoms with van der Waals surface area (Å²) >= 11 is 5.60. The number of thioether (sulfide) groups is 1. The molecule has 1 rings (SSSR count). The van der Waals surface area contributed by atoms with Crippen LogP contribution in [0.5, 0.6) is 0 Å². The topological polar surface area (TPSA) is 63.6 Å². The van der Waals surface area contributed by atoms with Crippen LogP contribution in [0, 0.1) is 5.92 Å². The van der Waals surface area contributed by atoms with E-state index in [0.717, 1.165) is 12.8 Å². The maximum Gasteiger partial charge on any atom is 0.345 e. The average Bonchev–Trinajstić information content (AvgIpc) is 2.85. The third kappa shape index (κ3) is 5.10. The standard InChI is InChI=1S/C12H20O4S2/c1-8(6-17)12(15)16-10(11(13)14)7-18-9-4-2-3-5-9/h8-10,17H,2-7H2,1H3,(H,13,14)/t8-,10+/m1/s1. The lowest BCUT2D eigenvalue weighted by atomic mass is 10.2. The molecule has 1 fully saturated rings. The number of rotatable bonds is 7. The molecule has 1 N–H and O–H groups in total. The average molecular weight is 292 g/mol. The van der Waals surface area contributed by atoms with Crippen LogP contribution in [0.3, 0.4) is 0 Å². The molecule has 0 amide bonds. The summed E-state index contributed by atoms with van der Waals surface area (Å²) in [5.74, 6) is -1.22. The van der Waals surface area contributed by atoms with Crippen molar-refractivity contribution in [1.82, 2.24) is 0 Å². The van der Waals surface area contributed by atoms with Crippen molar-refractivity contribution in [1.29, 1.82) is 0 Å². The van der Waals surface area contributed by atoms with Gasteiger partial charge in [0.15, 0.2) is 0 Å². The second-order valence-electron chi connectivity index (χ2n) is 4.59. The number of carboxylic acids is 1. The van der Waals surface area contributed by atoms with E-state index in [4.69, 9.17) is 9.84 Å². The van der Waals surface area contributed by atoms with Crippen molar-refractivity contribution in [3.8, 4) is 0 Å². The van der Waals surface area contributed by atoms with Crippen molar-refractivity contribution < 1.29 is 19.4 Å². The molecule has 1 aliphatic rings. The molecule has 6 heteroatoms. The van der Waals surface area contributed by atoms with Crippen LogP contribution in [-0.4, -0.2) is 39.9 Å². The van der Waals surface area contributed by atoms with Crippen LogP contribution >= 0.6 is 24.4 Å². The molecule has 2 atom stereocenters. The van der Waals surface area contributed by atoms with Gasteiger partial charge in [0, 0.05) is 16.8 Å². The summed E-state index contributed by atoms with van der Waals surface area (Å²) in [4.78, 5) is 22.6. The molecule has 0 aromatic carbocycles. The lowest BCUT2D eigenvalue weighted by Crippen LogP contribution is -2.32. The molecular weight excluding hydrogens is 272 g/mol. The minimum atomic E-state index is -1.07. The van der Waals surface area contributed by atoms with Crippen LogP contribution in [0.4, 0.5) is 0 Å². The predicted molar refractivity (Wildman–Crippen MR) is 75.2 cm³/mol. The summed E-state index contributed by atoms with van der Waals surface area (Å²) in [6.07, 6.45) is 3.67. The second kappa shape index (κ2) is 7.94. The first-order chi connectivity index (χ1) is 8.54. The molecule has 4 nitrogen and oxygen atoms in total. The maximum absolute atomic E-state index is 11.5. The molecule has 104 valence electrons. The summed E-state index contributed by atoms with van der Waals surface area (Å²) in [6.45, 7) is 1.68. The second-order valence-corrected chi connectivity index (χ2v) is 6.29. The van der Waals surface area contributed by atoms with E-state index >= 15 is 0 Å². The molecule has 1 aliphatic carbocycles. The van der Waals surface area contributed by atoms with E-state index in [1.807, 2.05) is 0 Å². The number of carbonyl (C=O) groups excluding carboxylic acids is 1. The number of aliphatic carboxylic acids is 1. The Morgan fingerprint density at radius 1 is 1.44 bits per heavy atom. The van der Waals surface area contributed by atoms with Gasteiger partial charge in [-0.25, -0.2) is 4.79 Å². The van der Waals surface area contributed by atoms with Crippen LogP contribution in [0.15, 0.2) is 0 Å². The largest absolute Gasteiger partial charge is 0.478 e. The SMILES string of the molecule is C[C@H](CS)C(=O)O[C@@H](CSC1CCCC1)C(=O)O. The highest BCUT2D eigenvalue weighted by atomic mass is 32.2. The number of carbonyl (C=O) groups is 2. The van der Waals surface area contributed by atoms with Gasteiger partial charge in [-0.15, -0.1) is 0 Å². The van der Waals surface area contributed by atoms with Gasteiger partial charge in [-0.2, -0.15) is 24.4 Å². The van der Waals surface area contributed by atoms with Gasteiger partial charge in [0.25, 0.3) is 0 Å². The predicted octanol–water partition coefficient (Wildman–Crippen LogP) is 2.22. The highest BCUT2D eigenvalue weighted by Gasteiger charge is 2.26. The summed E-state index contributed by atoms with van der Waals surface area (Å²) < 4.78 is 5.02. The van der Waals surface area contributed by atoms with Crippen molar-refractivity contribution in [2.24, 2.45) is 5.92 Å².